The van der Waals surface area contributed by atoms with Crippen LogP contribution in [0.4, 0.5) is 10.5 Å². The van der Waals surface area contributed by atoms with E-state index in [-0.39, 0.29) is 11.9 Å². The summed E-state index contributed by atoms with van der Waals surface area (Å²) in [5, 5.41) is 10.6. The van der Waals surface area contributed by atoms with Crippen LogP contribution in [0.15, 0.2) is 30.3 Å². The lowest BCUT2D eigenvalue weighted by Gasteiger charge is -2.17. The van der Waals surface area contributed by atoms with Gasteiger partial charge in [0.1, 0.15) is 0 Å². The Balaban J connectivity index is 1.58. The molecule has 0 radical (unpaired) electrons. The summed E-state index contributed by atoms with van der Waals surface area (Å²) in [5.74, 6) is 0.0650. The Morgan fingerprint density at radius 1 is 1.28 bits per heavy atom. The van der Waals surface area contributed by atoms with Gasteiger partial charge in [0.05, 0.1) is 24.5 Å². The van der Waals surface area contributed by atoms with Crippen molar-refractivity contribution in [2.45, 2.75) is 33.0 Å². The zero-order chi connectivity index (χ0) is 17.8. The minimum Gasteiger partial charge on any atom is -0.337 e. The average molecular weight is 362 g/mol. The molecule has 0 unspecified atom stereocenters. The summed E-state index contributed by atoms with van der Waals surface area (Å²) in [4.78, 5) is 25.4. The van der Waals surface area contributed by atoms with Gasteiger partial charge in [0.2, 0.25) is 5.91 Å². The maximum atomic E-state index is 12.0. The number of aryl methyl sites for hydroxylation is 1. The van der Waals surface area contributed by atoms with Crippen molar-refractivity contribution in [3.63, 3.8) is 0 Å². The van der Waals surface area contributed by atoms with E-state index in [1.54, 1.807) is 31.2 Å². The first-order valence-electron chi connectivity index (χ1n) is 8.13. The van der Waals surface area contributed by atoms with E-state index in [1.165, 1.54) is 0 Å². The fourth-order valence-corrected chi connectivity index (χ4v) is 2.98. The van der Waals surface area contributed by atoms with Gasteiger partial charge < -0.3 is 15.5 Å². The Morgan fingerprint density at radius 2 is 2.12 bits per heavy atom. The van der Waals surface area contributed by atoms with Crippen LogP contribution in [0.5, 0.6) is 0 Å². The second-order valence-electron chi connectivity index (χ2n) is 5.96. The van der Waals surface area contributed by atoms with E-state index < -0.39 is 0 Å². The lowest BCUT2D eigenvalue weighted by Crippen LogP contribution is -2.28. The molecule has 25 heavy (non-hydrogen) atoms. The van der Waals surface area contributed by atoms with Crippen molar-refractivity contribution in [1.29, 1.82) is 0 Å². The number of hydrogen-bond donors (Lipinski definition) is 2. The third kappa shape index (κ3) is 4.51. The molecule has 132 valence electrons. The molecule has 1 aromatic carbocycles. The summed E-state index contributed by atoms with van der Waals surface area (Å²) in [6, 6.07) is 8.56. The van der Waals surface area contributed by atoms with E-state index in [1.807, 2.05) is 15.6 Å². The minimum atomic E-state index is -0.323. The molecular formula is C17H20ClN5O2. The lowest BCUT2D eigenvalue weighted by atomic mass is 10.3. The number of anilines is 1. The highest BCUT2D eigenvalue weighted by atomic mass is 35.5. The summed E-state index contributed by atoms with van der Waals surface area (Å²) in [5.41, 5.74) is 2.38. The predicted octanol–water partition coefficient (Wildman–Crippen LogP) is 2.61. The van der Waals surface area contributed by atoms with Crippen molar-refractivity contribution >= 4 is 29.2 Å². The van der Waals surface area contributed by atoms with Gasteiger partial charge in [-0.2, -0.15) is 5.10 Å². The number of amides is 3. The second-order valence-corrected chi connectivity index (χ2v) is 6.40. The number of nitrogens with zero attached hydrogens (tertiary/aromatic N) is 3. The van der Waals surface area contributed by atoms with Crippen LogP contribution in [0.1, 0.15) is 24.7 Å². The van der Waals surface area contributed by atoms with Gasteiger partial charge in [-0.1, -0.05) is 17.7 Å². The maximum Gasteiger partial charge on any atom is 0.319 e. The van der Waals surface area contributed by atoms with Gasteiger partial charge in [-0.05, 0) is 30.7 Å². The standard InChI is InChI=1S/C17H20ClN5O2/c1-12(24)22-6-3-7-23-16(11-22)9-15(21-23)10-19-17(25)20-14-5-2-4-13(18)8-14/h2,4-5,8-9H,3,6-7,10-11H2,1H3,(H2,19,20,25). The van der Waals surface area contributed by atoms with Crippen molar-refractivity contribution in [1.82, 2.24) is 20.0 Å². The molecule has 0 spiro atoms. The highest BCUT2D eigenvalue weighted by Gasteiger charge is 2.18. The van der Waals surface area contributed by atoms with Gasteiger partial charge in [-0.3, -0.25) is 9.48 Å². The van der Waals surface area contributed by atoms with Crippen molar-refractivity contribution < 1.29 is 9.59 Å². The number of halogens is 1. The summed E-state index contributed by atoms with van der Waals surface area (Å²) >= 11 is 5.89. The van der Waals surface area contributed by atoms with Crippen LogP contribution in [0, 0.1) is 0 Å². The molecule has 0 saturated carbocycles. The first-order valence-corrected chi connectivity index (χ1v) is 8.50. The fourth-order valence-electron chi connectivity index (χ4n) is 2.79. The predicted molar refractivity (Wildman–Crippen MR) is 95.2 cm³/mol. The number of nitrogens with one attached hydrogen (secondary N) is 2. The number of carbonyl (C=O) groups excluding carboxylic acids is 2. The highest BCUT2D eigenvalue weighted by molar-refractivity contribution is 6.30. The molecule has 1 aliphatic rings. The number of hydrogen-bond acceptors (Lipinski definition) is 3. The van der Waals surface area contributed by atoms with Gasteiger partial charge in [-0.25, -0.2) is 4.79 Å². The van der Waals surface area contributed by atoms with Gasteiger partial charge in [0.25, 0.3) is 0 Å². The molecule has 2 N–H and O–H groups in total. The number of aromatic nitrogens is 2. The molecular weight excluding hydrogens is 342 g/mol. The average Bonchev–Trinajstić information content (AvgIpc) is 2.83. The van der Waals surface area contributed by atoms with Crippen LogP contribution in [-0.2, 0) is 24.4 Å². The molecule has 7 nitrogen and oxygen atoms in total. The number of carbonyl (C=O) groups is 2. The quantitative estimate of drug-likeness (QED) is 0.881. The summed E-state index contributed by atoms with van der Waals surface area (Å²) in [7, 11) is 0. The monoisotopic (exact) mass is 361 g/mol. The SMILES string of the molecule is CC(=O)N1CCCn2nc(CNC(=O)Nc3cccc(Cl)c3)cc2C1. The summed E-state index contributed by atoms with van der Waals surface area (Å²) in [6.07, 6.45) is 0.871. The molecule has 3 amide bonds. The van der Waals surface area contributed by atoms with E-state index >= 15 is 0 Å². The number of urea groups is 1. The highest BCUT2D eigenvalue weighted by Crippen LogP contribution is 2.15. The Hall–Kier alpha value is -2.54. The molecule has 1 aromatic heterocycles. The molecule has 3 rings (SSSR count). The van der Waals surface area contributed by atoms with E-state index in [0.29, 0.717) is 23.8 Å². The maximum absolute atomic E-state index is 12.0. The molecule has 0 aliphatic carbocycles. The topological polar surface area (TPSA) is 79.3 Å². The molecule has 0 bridgehead atoms. The molecule has 0 fully saturated rings. The molecule has 0 atom stereocenters. The molecule has 2 aromatic rings. The van der Waals surface area contributed by atoms with E-state index in [4.69, 9.17) is 11.6 Å². The lowest BCUT2D eigenvalue weighted by molar-refractivity contribution is -0.129. The minimum absolute atomic E-state index is 0.0650. The number of rotatable bonds is 3. The molecule has 8 heteroatoms. The molecule has 2 heterocycles. The summed E-state index contributed by atoms with van der Waals surface area (Å²) < 4.78 is 1.91. The van der Waals surface area contributed by atoms with Crippen LogP contribution in [0.3, 0.4) is 0 Å². The van der Waals surface area contributed by atoms with Crippen molar-refractivity contribution in [3.8, 4) is 0 Å². The first-order chi connectivity index (χ1) is 12.0. The van der Waals surface area contributed by atoms with Crippen molar-refractivity contribution in [2.24, 2.45) is 0 Å². The van der Waals surface area contributed by atoms with Crippen LogP contribution >= 0.6 is 11.6 Å². The Kier molecular flexibility index (Phi) is 5.23. The normalized spacial score (nSPS) is 13.8. The van der Waals surface area contributed by atoms with Crippen LogP contribution in [-0.4, -0.2) is 33.2 Å². The Bertz CT molecular complexity index is 789. The van der Waals surface area contributed by atoms with E-state index in [9.17, 15) is 9.59 Å². The zero-order valence-electron chi connectivity index (χ0n) is 14.0. The number of fused-ring (bicyclic) bond motifs is 1. The van der Waals surface area contributed by atoms with Gasteiger partial charge in [0, 0.05) is 30.7 Å². The molecule has 1 aliphatic heterocycles. The van der Waals surface area contributed by atoms with Gasteiger partial charge in [-0.15, -0.1) is 0 Å². The van der Waals surface area contributed by atoms with E-state index in [0.717, 1.165) is 30.9 Å². The van der Waals surface area contributed by atoms with Crippen LogP contribution in [0.25, 0.3) is 0 Å². The zero-order valence-corrected chi connectivity index (χ0v) is 14.7. The summed E-state index contributed by atoms with van der Waals surface area (Å²) in [6.45, 7) is 3.96. The van der Waals surface area contributed by atoms with Crippen molar-refractivity contribution in [2.75, 3.05) is 11.9 Å². The third-order valence-corrected chi connectivity index (χ3v) is 4.26. The number of benzene rings is 1. The third-order valence-electron chi connectivity index (χ3n) is 4.02. The largest absolute Gasteiger partial charge is 0.337 e. The smallest absolute Gasteiger partial charge is 0.319 e. The van der Waals surface area contributed by atoms with Crippen LogP contribution < -0.4 is 10.6 Å². The van der Waals surface area contributed by atoms with Crippen molar-refractivity contribution in [3.05, 3.63) is 46.7 Å². The Morgan fingerprint density at radius 3 is 2.88 bits per heavy atom. The van der Waals surface area contributed by atoms with E-state index in [2.05, 4.69) is 15.7 Å². The second kappa shape index (κ2) is 7.57. The van der Waals surface area contributed by atoms with Gasteiger partial charge in [0.15, 0.2) is 0 Å². The van der Waals surface area contributed by atoms with Crippen LogP contribution in [0.2, 0.25) is 5.02 Å². The fraction of sp³-hybridized carbons (Fsp3) is 0.353. The Labute approximate surface area is 150 Å². The van der Waals surface area contributed by atoms with Gasteiger partial charge >= 0.3 is 6.03 Å². The first kappa shape index (κ1) is 17.3. The molecule has 0 saturated heterocycles.